The number of hydrogen-bond acceptors (Lipinski definition) is 3. The highest BCUT2D eigenvalue weighted by molar-refractivity contribution is 5.69. The van der Waals surface area contributed by atoms with Gasteiger partial charge in [-0.05, 0) is 51.2 Å². The Morgan fingerprint density at radius 2 is 1.92 bits per heavy atom. The highest BCUT2D eigenvalue weighted by atomic mass is 16.6. The van der Waals surface area contributed by atoms with E-state index >= 15 is 0 Å². The summed E-state index contributed by atoms with van der Waals surface area (Å²) in [5.41, 5.74) is 0.903. The predicted octanol–water partition coefficient (Wildman–Crippen LogP) is 4.00. The monoisotopic (exact) mass is 331 g/mol. The van der Waals surface area contributed by atoms with Gasteiger partial charge in [0.1, 0.15) is 5.60 Å². The number of rotatable bonds is 2. The summed E-state index contributed by atoms with van der Waals surface area (Å²) in [7, 11) is 0. The Morgan fingerprint density at radius 1 is 1.29 bits per heavy atom. The van der Waals surface area contributed by atoms with Crippen LogP contribution in [-0.2, 0) is 16.8 Å². The third-order valence-corrected chi connectivity index (χ3v) is 5.24. The lowest BCUT2D eigenvalue weighted by Gasteiger charge is -2.44. The molecule has 1 aromatic rings. The van der Waals surface area contributed by atoms with Gasteiger partial charge in [0.05, 0.1) is 5.60 Å². The lowest BCUT2D eigenvalue weighted by molar-refractivity contribution is -0.0624. The second-order valence-corrected chi connectivity index (χ2v) is 8.27. The van der Waals surface area contributed by atoms with Crippen LogP contribution in [0.4, 0.5) is 4.79 Å². The smallest absolute Gasteiger partial charge is 0.410 e. The molecule has 0 spiro atoms. The maximum absolute atomic E-state index is 12.5. The number of nitrogens with zero attached hydrogens (tertiary/aromatic N) is 1. The van der Waals surface area contributed by atoms with Crippen LogP contribution in [0.5, 0.6) is 0 Å². The minimum Gasteiger partial charge on any atom is -0.444 e. The Bertz CT molecular complexity index is 606. The van der Waals surface area contributed by atoms with Gasteiger partial charge in [0, 0.05) is 24.9 Å². The molecule has 2 atom stereocenters. The van der Waals surface area contributed by atoms with Gasteiger partial charge in [0.15, 0.2) is 0 Å². The summed E-state index contributed by atoms with van der Waals surface area (Å²) in [6.45, 7) is 7.80. The van der Waals surface area contributed by atoms with E-state index in [1.54, 1.807) is 0 Å². The van der Waals surface area contributed by atoms with Crippen molar-refractivity contribution in [3.63, 3.8) is 0 Å². The lowest BCUT2D eigenvalue weighted by Crippen LogP contribution is -2.53. The van der Waals surface area contributed by atoms with Gasteiger partial charge < -0.3 is 14.7 Å². The highest BCUT2D eigenvalue weighted by Gasteiger charge is 2.51. The molecule has 2 fully saturated rings. The Balaban J connectivity index is 1.80. The van der Waals surface area contributed by atoms with E-state index in [9.17, 15) is 9.90 Å². The van der Waals surface area contributed by atoms with Crippen molar-refractivity contribution in [1.29, 1.82) is 0 Å². The molecule has 24 heavy (non-hydrogen) atoms. The van der Waals surface area contributed by atoms with E-state index in [0.717, 1.165) is 24.8 Å². The average molecular weight is 331 g/mol. The molecule has 0 radical (unpaired) electrons. The molecule has 2 aliphatic rings. The highest BCUT2D eigenvalue weighted by Crippen LogP contribution is 2.46. The Hall–Kier alpha value is -1.55. The first-order valence-electron chi connectivity index (χ1n) is 9.05. The fourth-order valence-electron chi connectivity index (χ4n) is 4.15. The van der Waals surface area contributed by atoms with Crippen molar-refractivity contribution in [2.75, 3.05) is 0 Å². The summed E-state index contributed by atoms with van der Waals surface area (Å²) in [5, 5.41) is 11.3. The summed E-state index contributed by atoms with van der Waals surface area (Å²) < 4.78 is 5.57. The summed E-state index contributed by atoms with van der Waals surface area (Å²) in [6.07, 6.45) is 3.80. The molecular formula is C20H29NO3. The van der Waals surface area contributed by atoms with Crippen LogP contribution in [0.2, 0.25) is 0 Å². The molecule has 132 valence electrons. The van der Waals surface area contributed by atoms with Gasteiger partial charge in [-0.15, -0.1) is 0 Å². The van der Waals surface area contributed by atoms with Crippen LogP contribution in [0.15, 0.2) is 24.3 Å². The Morgan fingerprint density at radius 3 is 2.46 bits per heavy atom. The van der Waals surface area contributed by atoms with Crippen LogP contribution in [0.25, 0.3) is 0 Å². The zero-order valence-electron chi connectivity index (χ0n) is 15.2. The van der Waals surface area contributed by atoms with Crippen molar-refractivity contribution in [3.05, 3.63) is 35.4 Å². The van der Waals surface area contributed by atoms with Crippen LogP contribution in [0.1, 0.15) is 64.5 Å². The minimum absolute atomic E-state index is 0.0638. The molecule has 3 rings (SSSR count). The van der Waals surface area contributed by atoms with Gasteiger partial charge in [-0.2, -0.15) is 0 Å². The molecule has 2 bridgehead atoms. The number of fused-ring (bicyclic) bond motifs is 2. The quantitative estimate of drug-likeness (QED) is 0.891. The van der Waals surface area contributed by atoms with Crippen LogP contribution < -0.4 is 0 Å². The fraction of sp³-hybridized carbons (Fsp3) is 0.650. The molecular weight excluding hydrogens is 302 g/mol. The van der Waals surface area contributed by atoms with E-state index in [-0.39, 0.29) is 18.2 Å². The van der Waals surface area contributed by atoms with E-state index in [1.807, 2.05) is 37.8 Å². The number of ether oxygens (including phenoxy) is 1. The number of amides is 1. The number of aliphatic hydroxyl groups is 1. The standard InChI is InChI=1S/C20H29NO3/c1-5-14-7-6-8-15(11-14)20(23)12-16-9-10-17(13-20)21(16)18(22)24-19(2,3)4/h6-8,11,16-17,23H,5,9-10,12-13H2,1-4H3. The summed E-state index contributed by atoms with van der Waals surface area (Å²) >= 11 is 0. The van der Waals surface area contributed by atoms with E-state index in [4.69, 9.17) is 4.74 Å². The van der Waals surface area contributed by atoms with Crippen LogP contribution in [0.3, 0.4) is 0 Å². The first kappa shape index (κ1) is 17.3. The molecule has 0 saturated carbocycles. The molecule has 1 amide bonds. The van der Waals surface area contributed by atoms with E-state index < -0.39 is 11.2 Å². The molecule has 4 nitrogen and oxygen atoms in total. The predicted molar refractivity (Wildman–Crippen MR) is 93.8 cm³/mol. The second kappa shape index (κ2) is 6.07. The van der Waals surface area contributed by atoms with Gasteiger partial charge in [-0.1, -0.05) is 31.2 Å². The number of piperidine rings is 1. The lowest BCUT2D eigenvalue weighted by atomic mass is 9.80. The molecule has 4 heteroatoms. The van der Waals surface area contributed by atoms with E-state index in [0.29, 0.717) is 12.8 Å². The van der Waals surface area contributed by atoms with Gasteiger partial charge in [-0.25, -0.2) is 4.79 Å². The molecule has 1 N–H and O–H groups in total. The molecule has 2 unspecified atom stereocenters. The third kappa shape index (κ3) is 3.30. The van der Waals surface area contributed by atoms with E-state index in [2.05, 4.69) is 19.1 Å². The van der Waals surface area contributed by atoms with Gasteiger partial charge >= 0.3 is 6.09 Å². The summed E-state index contributed by atoms with van der Waals surface area (Å²) in [4.78, 5) is 14.4. The third-order valence-electron chi connectivity index (χ3n) is 5.24. The first-order valence-corrected chi connectivity index (χ1v) is 9.05. The van der Waals surface area contributed by atoms with Crippen LogP contribution >= 0.6 is 0 Å². The largest absolute Gasteiger partial charge is 0.444 e. The zero-order chi connectivity index (χ0) is 17.5. The molecule has 2 aliphatic heterocycles. The second-order valence-electron chi connectivity index (χ2n) is 8.27. The maximum atomic E-state index is 12.5. The SMILES string of the molecule is CCc1cccc(C2(O)CC3CCC(C2)N3C(=O)OC(C)(C)C)c1. The van der Waals surface area contributed by atoms with Gasteiger partial charge in [0.2, 0.25) is 0 Å². The summed E-state index contributed by atoms with van der Waals surface area (Å²) in [6, 6.07) is 8.37. The summed E-state index contributed by atoms with van der Waals surface area (Å²) in [5.74, 6) is 0. The van der Waals surface area contributed by atoms with Crippen molar-refractivity contribution in [2.24, 2.45) is 0 Å². The number of aryl methyl sites for hydroxylation is 1. The molecule has 2 heterocycles. The Labute approximate surface area is 144 Å². The molecule has 2 saturated heterocycles. The molecule has 0 aliphatic carbocycles. The normalized spacial score (nSPS) is 29.6. The number of carbonyl (C=O) groups excluding carboxylic acids is 1. The fourth-order valence-corrected chi connectivity index (χ4v) is 4.15. The molecule has 0 aromatic heterocycles. The number of hydrogen-bond donors (Lipinski definition) is 1. The van der Waals surface area contributed by atoms with Crippen molar-refractivity contribution >= 4 is 6.09 Å². The first-order chi connectivity index (χ1) is 11.2. The number of carbonyl (C=O) groups is 1. The van der Waals surface area contributed by atoms with Crippen LogP contribution in [0, 0.1) is 0 Å². The van der Waals surface area contributed by atoms with Crippen molar-refractivity contribution in [2.45, 2.75) is 83.1 Å². The van der Waals surface area contributed by atoms with Crippen molar-refractivity contribution in [3.8, 4) is 0 Å². The Kier molecular flexibility index (Phi) is 4.37. The maximum Gasteiger partial charge on any atom is 0.410 e. The van der Waals surface area contributed by atoms with Gasteiger partial charge in [-0.3, -0.25) is 0 Å². The number of benzene rings is 1. The van der Waals surface area contributed by atoms with Crippen molar-refractivity contribution in [1.82, 2.24) is 4.90 Å². The average Bonchev–Trinajstić information content (AvgIpc) is 2.78. The topological polar surface area (TPSA) is 49.8 Å². The van der Waals surface area contributed by atoms with E-state index in [1.165, 1.54) is 5.56 Å². The van der Waals surface area contributed by atoms with Crippen molar-refractivity contribution < 1.29 is 14.6 Å². The zero-order valence-corrected chi connectivity index (χ0v) is 15.2. The van der Waals surface area contributed by atoms with Gasteiger partial charge in [0.25, 0.3) is 0 Å². The van der Waals surface area contributed by atoms with Crippen LogP contribution in [-0.4, -0.2) is 33.8 Å². The molecule has 1 aromatic carbocycles. The minimum atomic E-state index is -0.838.